The molecule has 0 spiro atoms. The predicted molar refractivity (Wildman–Crippen MR) is 122 cm³/mol. The number of anilines is 2. The summed E-state index contributed by atoms with van der Waals surface area (Å²) < 4.78 is 18.5. The molecule has 7 nitrogen and oxygen atoms in total. The predicted octanol–water partition coefficient (Wildman–Crippen LogP) is 2.74. The molecule has 2 fully saturated rings. The molecule has 2 aromatic rings. The highest BCUT2D eigenvalue weighted by atomic mass is 19.1. The van der Waals surface area contributed by atoms with Crippen LogP contribution in [0.1, 0.15) is 33.6 Å². The Labute approximate surface area is 187 Å². The van der Waals surface area contributed by atoms with Crippen LogP contribution in [-0.2, 0) is 4.74 Å². The van der Waals surface area contributed by atoms with Crippen molar-refractivity contribution >= 4 is 23.2 Å². The molecule has 8 heteroatoms. The van der Waals surface area contributed by atoms with Gasteiger partial charge in [0, 0.05) is 56.2 Å². The fourth-order valence-electron chi connectivity index (χ4n) is 4.08. The number of rotatable bonds is 7. The van der Waals surface area contributed by atoms with Crippen LogP contribution < -0.4 is 15.5 Å². The maximum atomic E-state index is 13.1. The lowest BCUT2D eigenvalue weighted by Crippen LogP contribution is -2.41. The number of halogens is 1. The maximum absolute atomic E-state index is 13.1. The topological polar surface area (TPSA) is 73.9 Å². The van der Waals surface area contributed by atoms with Gasteiger partial charge in [0.05, 0.1) is 18.8 Å². The summed E-state index contributed by atoms with van der Waals surface area (Å²) in [7, 11) is 0. The first-order chi connectivity index (χ1) is 15.6. The van der Waals surface area contributed by atoms with Gasteiger partial charge in [-0.2, -0.15) is 0 Å². The smallest absolute Gasteiger partial charge is 0.255 e. The minimum atomic E-state index is -0.396. The number of amides is 2. The monoisotopic (exact) mass is 440 g/mol. The van der Waals surface area contributed by atoms with E-state index < -0.39 is 5.82 Å². The van der Waals surface area contributed by atoms with Crippen molar-refractivity contribution in [2.75, 3.05) is 62.7 Å². The van der Waals surface area contributed by atoms with Crippen molar-refractivity contribution in [2.24, 2.45) is 0 Å². The number of morpholine rings is 1. The molecule has 2 saturated heterocycles. The van der Waals surface area contributed by atoms with E-state index in [1.165, 1.54) is 24.3 Å². The molecular formula is C24H29FN4O3. The quantitative estimate of drug-likeness (QED) is 0.693. The second-order valence-electron chi connectivity index (χ2n) is 8.10. The molecule has 2 heterocycles. The average Bonchev–Trinajstić information content (AvgIpc) is 3.35. The molecule has 0 radical (unpaired) electrons. The number of carbonyl (C=O) groups excluding carboxylic acids is 2. The summed E-state index contributed by atoms with van der Waals surface area (Å²) in [5.41, 5.74) is 2.31. The summed E-state index contributed by atoms with van der Waals surface area (Å²) >= 11 is 0. The zero-order valence-electron chi connectivity index (χ0n) is 18.1. The third kappa shape index (κ3) is 5.63. The number of nitrogens with one attached hydrogen (secondary N) is 2. The van der Waals surface area contributed by atoms with E-state index in [1.54, 1.807) is 12.1 Å². The van der Waals surface area contributed by atoms with Crippen LogP contribution in [0.4, 0.5) is 15.8 Å². The number of hydrogen-bond acceptors (Lipinski definition) is 5. The van der Waals surface area contributed by atoms with Gasteiger partial charge in [0.1, 0.15) is 5.82 Å². The van der Waals surface area contributed by atoms with Crippen molar-refractivity contribution < 1.29 is 18.7 Å². The van der Waals surface area contributed by atoms with E-state index >= 15 is 0 Å². The molecule has 0 bridgehead atoms. The molecule has 0 aromatic heterocycles. The van der Waals surface area contributed by atoms with E-state index in [2.05, 4.69) is 20.4 Å². The van der Waals surface area contributed by atoms with Gasteiger partial charge in [0.25, 0.3) is 11.8 Å². The summed E-state index contributed by atoms with van der Waals surface area (Å²) in [6, 6.07) is 10.8. The molecule has 2 aliphatic heterocycles. The Balaban J connectivity index is 1.46. The van der Waals surface area contributed by atoms with Crippen molar-refractivity contribution in [3.8, 4) is 0 Å². The van der Waals surface area contributed by atoms with E-state index in [1.807, 2.05) is 6.07 Å². The van der Waals surface area contributed by atoms with Gasteiger partial charge in [-0.05, 0) is 55.3 Å². The second kappa shape index (κ2) is 10.6. The average molecular weight is 441 g/mol. The summed E-state index contributed by atoms with van der Waals surface area (Å²) in [6.07, 6.45) is 2.20. The number of carbonyl (C=O) groups is 2. The number of ether oxygens (including phenoxy) is 1. The lowest BCUT2D eigenvalue weighted by Gasteiger charge is -2.26. The Kier molecular flexibility index (Phi) is 7.34. The van der Waals surface area contributed by atoms with Gasteiger partial charge in [-0.1, -0.05) is 0 Å². The maximum Gasteiger partial charge on any atom is 0.255 e. The summed E-state index contributed by atoms with van der Waals surface area (Å²) in [5, 5.41) is 5.84. The van der Waals surface area contributed by atoms with Crippen LogP contribution >= 0.6 is 0 Å². The molecular weight excluding hydrogens is 411 g/mol. The largest absolute Gasteiger partial charge is 0.379 e. The molecule has 0 atom stereocenters. The fourth-order valence-corrected chi connectivity index (χ4v) is 4.08. The summed E-state index contributed by atoms with van der Waals surface area (Å²) in [4.78, 5) is 30.1. The van der Waals surface area contributed by atoms with Crippen LogP contribution in [0.15, 0.2) is 42.5 Å². The normalized spacial score (nSPS) is 16.7. The Bertz CT molecular complexity index is 939. The lowest BCUT2D eigenvalue weighted by molar-refractivity contribution is 0.0383. The molecule has 2 aromatic carbocycles. The SMILES string of the molecule is O=C(Nc1ccc(N2CCCC2)c(C(=O)NCCN2CCOCC2)c1)c1ccc(F)cc1. The van der Waals surface area contributed by atoms with Gasteiger partial charge in [-0.15, -0.1) is 0 Å². The van der Waals surface area contributed by atoms with Crippen molar-refractivity contribution in [3.05, 3.63) is 59.4 Å². The molecule has 0 saturated carbocycles. The van der Waals surface area contributed by atoms with E-state index in [9.17, 15) is 14.0 Å². The molecule has 2 aliphatic rings. The minimum Gasteiger partial charge on any atom is -0.379 e. The Hall–Kier alpha value is -2.97. The molecule has 170 valence electrons. The third-order valence-corrected chi connectivity index (χ3v) is 5.87. The van der Waals surface area contributed by atoms with Crippen LogP contribution in [0.5, 0.6) is 0 Å². The van der Waals surface area contributed by atoms with Crippen LogP contribution in [0.25, 0.3) is 0 Å². The summed E-state index contributed by atoms with van der Waals surface area (Å²) in [5.74, 6) is -0.900. The molecule has 4 rings (SSSR count). The van der Waals surface area contributed by atoms with E-state index in [0.29, 0.717) is 23.4 Å². The van der Waals surface area contributed by atoms with Gasteiger partial charge < -0.3 is 20.3 Å². The zero-order valence-corrected chi connectivity index (χ0v) is 18.1. The standard InChI is InChI=1S/C24H29FN4O3/c25-19-5-3-18(4-6-19)23(30)27-20-7-8-22(29-10-1-2-11-29)21(17-20)24(31)26-9-12-28-13-15-32-16-14-28/h3-8,17H,1-2,9-16H2,(H,26,31)(H,27,30). The fraction of sp³-hybridized carbons (Fsp3) is 0.417. The van der Waals surface area contributed by atoms with Crippen molar-refractivity contribution in [3.63, 3.8) is 0 Å². The van der Waals surface area contributed by atoms with Crippen LogP contribution in [0, 0.1) is 5.82 Å². The van der Waals surface area contributed by atoms with Gasteiger partial charge >= 0.3 is 0 Å². The lowest BCUT2D eigenvalue weighted by atomic mass is 10.1. The number of benzene rings is 2. The summed E-state index contributed by atoms with van der Waals surface area (Å²) in [6.45, 7) is 6.34. The number of hydrogen-bond donors (Lipinski definition) is 2. The van der Waals surface area contributed by atoms with Crippen LogP contribution in [-0.4, -0.2) is 69.2 Å². The van der Waals surface area contributed by atoms with Gasteiger partial charge in [-0.25, -0.2) is 4.39 Å². The Morgan fingerprint density at radius 3 is 2.38 bits per heavy atom. The molecule has 0 unspecified atom stereocenters. The Morgan fingerprint density at radius 2 is 1.66 bits per heavy atom. The van der Waals surface area contributed by atoms with Crippen LogP contribution in [0.3, 0.4) is 0 Å². The second-order valence-corrected chi connectivity index (χ2v) is 8.10. The highest BCUT2D eigenvalue weighted by molar-refractivity contribution is 6.06. The molecule has 0 aliphatic carbocycles. The number of nitrogens with zero attached hydrogens (tertiary/aromatic N) is 2. The highest BCUT2D eigenvalue weighted by Crippen LogP contribution is 2.28. The third-order valence-electron chi connectivity index (χ3n) is 5.87. The van der Waals surface area contributed by atoms with Crippen molar-refractivity contribution in [1.82, 2.24) is 10.2 Å². The van der Waals surface area contributed by atoms with Gasteiger partial charge in [0.15, 0.2) is 0 Å². The molecule has 2 amide bonds. The van der Waals surface area contributed by atoms with Crippen LogP contribution in [0.2, 0.25) is 0 Å². The zero-order chi connectivity index (χ0) is 22.3. The van der Waals surface area contributed by atoms with E-state index in [4.69, 9.17) is 4.74 Å². The Morgan fingerprint density at radius 1 is 0.938 bits per heavy atom. The minimum absolute atomic E-state index is 0.155. The van der Waals surface area contributed by atoms with Gasteiger partial charge in [-0.3, -0.25) is 14.5 Å². The van der Waals surface area contributed by atoms with E-state index in [0.717, 1.165) is 64.5 Å². The highest BCUT2D eigenvalue weighted by Gasteiger charge is 2.21. The first kappa shape index (κ1) is 22.2. The first-order valence-corrected chi connectivity index (χ1v) is 11.1. The van der Waals surface area contributed by atoms with E-state index in [-0.39, 0.29) is 11.8 Å². The first-order valence-electron chi connectivity index (χ1n) is 11.1. The van der Waals surface area contributed by atoms with Crippen molar-refractivity contribution in [2.45, 2.75) is 12.8 Å². The molecule has 2 N–H and O–H groups in total. The van der Waals surface area contributed by atoms with Gasteiger partial charge in [0.2, 0.25) is 0 Å². The van der Waals surface area contributed by atoms with Crippen molar-refractivity contribution in [1.29, 1.82) is 0 Å². The molecule has 32 heavy (non-hydrogen) atoms.